The Morgan fingerprint density at radius 1 is 0.629 bits per heavy atom. The number of halogens is 2. The number of rotatable bonds is 11. The maximum atomic E-state index is 13.4. The van der Waals surface area contributed by atoms with Crippen LogP contribution in [0.4, 0.5) is 21.0 Å². The van der Waals surface area contributed by atoms with Gasteiger partial charge in [0.2, 0.25) is 0 Å². The molecule has 2 N–H and O–H groups in total. The molecule has 4 aliphatic heterocycles. The molecule has 6 heterocycles. The van der Waals surface area contributed by atoms with Crippen LogP contribution in [0, 0.1) is 0 Å². The van der Waals surface area contributed by atoms with Crippen molar-refractivity contribution in [2.45, 2.75) is 25.2 Å². The lowest BCUT2D eigenvalue weighted by Crippen LogP contribution is -2.59. The molecule has 0 radical (unpaired) electrons. The lowest BCUT2D eigenvalue weighted by Gasteiger charge is -2.43. The van der Waals surface area contributed by atoms with Crippen molar-refractivity contribution in [2.75, 3.05) is 102 Å². The van der Waals surface area contributed by atoms with Gasteiger partial charge in [0, 0.05) is 91.7 Å². The van der Waals surface area contributed by atoms with Crippen molar-refractivity contribution in [1.82, 2.24) is 29.6 Å². The zero-order valence-corrected chi connectivity index (χ0v) is 36.1. The molecule has 0 spiro atoms. The number of nitrogens with two attached hydrogens (primary N) is 1. The van der Waals surface area contributed by atoms with Crippen LogP contribution in [0.2, 0.25) is 10.0 Å². The molecule has 328 valence electrons. The number of pyridine rings is 2. The number of benzene rings is 2. The third kappa shape index (κ3) is 11.2. The van der Waals surface area contributed by atoms with Gasteiger partial charge in [-0.05, 0) is 72.8 Å². The molecule has 4 amide bonds. The van der Waals surface area contributed by atoms with Crippen LogP contribution >= 0.6 is 23.2 Å². The van der Waals surface area contributed by atoms with E-state index in [0.29, 0.717) is 70.8 Å². The Kier molecular flexibility index (Phi) is 15.4. The molecular formula is C44H51Cl2N9O7. The number of anilines is 2. The highest BCUT2D eigenvalue weighted by molar-refractivity contribution is 6.31. The van der Waals surface area contributed by atoms with Crippen LogP contribution in [0.15, 0.2) is 85.2 Å². The fourth-order valence-electron chi connectivity index (χ4n) is 7.43. The first-order valence-corrected chi connectivity index (χ1v) is 21.3. The average Bonchev–Trinajstić information content (AvgIpc) is 3.27. The molecule has 4 fully saturated rings. The van der Waals surface area contributed by atoms with E-state index in [4.69, 9.17) is 43.1 Å². The maximum Gasteiger partial charge on any atom is 0.339 e. The average molecular weight is 889 g/mol. The van der Waals surface area contributed by atoms with Gasteiger partial charge in [0.05, 0.1) is 82.2 Å². The predicted molar refractivity (Wildman–Crippen MR) is 235 cm³/mol. The Hall–Kier alpha value is -5.20. The number of aromatic nitrogens is 2. The molecule has 2 aromatic carbocycles. The number of ketones is 1. The second-order valence-corrected chi connectivity index (χ2v) is 16.2. The zero-order valence-electron chi connectivity index (χ0n) is 34.6. The van der Waals surface area contributed by atoms with Gasteiger partial charge in [-0.3, -0.25) is 34.4 Å². The molecule has 0 aliphatic carbocycles. The summed E-state index contributed by atoms with van der Waals surface area (Å²) < 4.78 is 15.3. The van der Waals surface area contributed by atoms with Crippen molar-refractivity contribution in [1.29, 1.82) is 0 Å². The quantitative estimate of drug-likeness (QED) is 0.164. The van der Waals surface area contributed by atoms with Gasteiger partial charge < -0.3 is 29.7 Å². The van der Waals surface area contributed by atoms with Crippen molar-refractivity contribution >= 4 is 58.4 Å². The van der Waals surface area contributed by atoms with E-state index < -0.39 is 5.97 Å². The van der Waals surface area contributed by atoms with Crippen LogP contribution in [0.1, 0.15) is 32.1 Å². The minimum Gasteiger partial charge on any atom is -0.465 e. The number of hydrogen-bond acceptors (Lipinski definition) is 12. The number of ether oxygens (including phenoxy) is 3. The second kappa shape index (κ2) is 21.3. The van der Waals surface area contributed by atoms with E-state index in [9.17, 15) is 19.2 Å². The fourth-order valence-corrected chi connectivity index (χ4v) is 7.68. The summed E-state index contributed by atoms with van der Waals surface area (Å²) in [6, 6.07) is 22.0. The van der Waals surface area contributed by atoms with Crippen molar-refractivity contribution in [3.8, 4) is 0 Å². The van der Waals surface area contributed by atoms with Crippen molar-refractivity contribution < 1.29 is 33.4 Å². The van der Waals surface area contributed by atoms with E-state index in [0.717, 1.165) is 64.0 Å². The van der Waals surface area contributed by atoms with Crippen molar-refractivity contribution in [3.05, 3.63) is 118 Å². The summed E-state index contributed by atoms with van der Waals surface area (Å²) in [4.78, 5) is 70.9. The molecular weight excluding hydrogens is 837 g/mol. The molecule has 4 aromatic rings. The van der Waals surface area contributed by atoms with Crippen LogP contribution < -0.4 is 15.5 Å². The number of amides is 4. The Bertz CT molecular complexity index is 1970. The second-order valence-electron chi connectivity index (χ2n) is 15.3. The van der Waals surface area contributed by atoms with E-state index in [-0.39, 0.29) is 37.5 Å². The SMILES string of the molecule is COC(=O)c1ccc(CN(C(=O)N2CCN(C3COC3)CC2)c2ccc(Cl)cc2)nc1.NCC(=O)c1ccc(CN(C(=O)N2CCN(C3COC3)CC2)c2ccc(Cl)cc2)nc1. The lowest BCUT2D eigenvalue weighted by molar-refractivity contribution is -0.0738. The van der Waals surface area contributed by atoms with Gasteiger partial charge in [-0.1, -0.05) is 23.2 Å². The minimum atomic E-state index is -0.445. The molecule has 2 aromatic heterocycles. The molecule has 4 aliphatic rings. The third-order valence-corrected chi connectivity index (χ3v) is 11.9. The number of Topliss-reactive ketones (excluding diaryl/α,β-unsaturated/α-hetero) is 1. The number of carbonyl (C=O) groups excluding carboxylic acids is 4. The zero-order chi connectivity index (χ0) is 43.6. The first kappa shape index (κ1) is 44.8. The number of hydrogen-bond donors (Lipinski definition) is 1. The molecule has 62 heavy (non-hydrogen) atoms. The monoisotopic (exact) mass is 887 g/mol. The smallest absolute Gasteiger partial charge is 0.339 e. The van der Waals surface area contributed by atoms with Gasteiger partial charge in [0.1, 0.15) is 0 Å². The normalized spacial score (nSPS) is 17.2. The number of piperazine rings is 2. The van der Waals surface area contributed by atoms with Gasteiger partial charge >= 0.3 is 18.0 Å². The molecule has 0 saturated carbocycles. The molecule has 0 atom stereocenters. The Balaban J connectivity index is 0.000000186. The highest BCUT2D eigenvalue weighted by Crippen LogP contribution is 2.25. The van der Waals surface area contributed by atoms with Crippen LogP contribution in [-0.2, 0) is 27.3 Å². The molecule has 18 heteroatoms. The third-order valence-electron chi connectivity index (χ3n) is 11.4. The minimum absolute atomic E-state index is 0.0601. The Labute approximate surface area is 371 Å². The standard InChI is InChI=1S/C22H26ClN5O3.C22H25ClN4O4/c23-17-2-5-19(6-3-17)28(13-18-4-1-16(12-25-18)21(29)11-24)22(30)27-9-7-26(8-10-27)20-14-31-15-20;1-30-21(28)16-2-5-18(24-12-16)13-27(19-6-3-17(23)4-7-19)22(29)26-10-8-25(9-11-26)20-14-31-15-20/h1-6,12,20H,7-11,13-15,24H2;2-7,12,20H,8-11,13-15H2,1H3. The highest BCUT2D eigenvalue weighted by atomic mass is 35.5. The first-order valence-electron chi connectivity index (χ1n) is 20.6. The molecule has 0 bridgehead atoms. The van der Waals surface area contributed by atoms with Gasteiger partial charge in [-0.15, -0.1) is 0 Å². The lowest BCUT2D eigenvalue weighted by atomic mass is 10.1. The summed E-state index contributed by atoms with van der Waals surface area (Å²) >= 11 is 12.1. The number of methoxy groups -OCH3 is 1. The molecule has 16 nitrogen and oxygen atoms in total. The van der Waals surface area contributed by atoms with Gasteiger partial charge in [0.15, 0.2) is 5.78 Å². The fraction of sp³-hybridized carbons (Fsp3) is 0.409. The molecule has 4 saturated heterocycles. The highest BCUT2D eigenvalue weighted by Gasteiger charge is 2.34. The van der Waals surface area contributed by atoms with Gasteiger partial charge in [-0.2, -0.15) is 0 Å². The molecule has 0 unspecified atom stereocenters. The van der Waals surface area contributed by atoms with Crippen LogP contribution in [0.5, 0.6) is 0 Å². The van der Waals surface area contributed by atoms with Crippen molar-refractivity contribution in [2.24, 2.45) is 5.73 Å². The molecule has 8 rings (SSSR count). The van der Waals surface area contributed by atoms with Crippen LogP contribution in [-0.4, -0.2) is 158 Å². The summed E-state index contributed by atoms with van der Waals surface area (Å²) in [5.74, 6) is -0.612. The van der Waals surface area contributed by atoms with Crippen molar-refractivity contribution in [3.63, 3.8) is 0 Å². The van der Waals surface area contributed by atoms with Crippen LogP contribution in [0.3, 0.4) is 0 Å². The maximum absolute atomic E-state index is 13.4. The topological polar surface area (TPSA) is 167 Å². The van der Waals surface area contributed by atoms with E-state index in [1.165, 1.54) is 19.5 Å². The number of esters is 1. The van der Waals surface area contributed by atoms with Crippen LogP contribution in [0.25, 0.3) is 0 Å². The predicted octanol–water partition coefficient (Wildman–Crippen LogP) is 4.68. The Morgan fingerprint density at radius 2 is 1.03 bits per heavy atom. The van der Waals surface area contributed by atoms with Gasteiger partial charge in [-0.25, -0.2) is 14.4 Å². The summed E-state index contributed by atoms with van der Waals surface area (Å²) in [5.41, 5.74) is 9.08. The summed E-state index contributed by atoms with van der Waals surface area (Å²) in [6.07, 6.45) is 2.97. The van der Waals surface area contributed by atoms with E-state index in [1.54, 1.807) is 58.3 Å². The largest absolute Gasteiger partial charge is 0.465 e. The van der Waals surface area contributed by atoms with E-state index >= 15 is 0 Å². The van der Waals surface area contributed by atoms with E-state index in [1.807, 2.05) is 34.1 Å². The summed E-state index contributed by atoms with van der Waals surface area (Å²) in [5, 5.41) is 1.21. The van der Waals surface area contributed by atoms with E-state index in [2.05, 4.69) is 19.8 Å². The number of carbonyl (C=O) groups is 4. The first-order chi connectivity index (χ1) is 30.1. The summed E-state index contributed by atoms with van der Waals surface area (Å²) in [7, 11) is 1.33. The summed E-state index contributed by atoms with van der Waals surface area (Å²) in [6.45, 7) is 9.60. The Morgan fingerprint density at radius 3 is 1.35 bits per heavy atom. The number of urea groups is 2. The number of nitrogens with zero attached hydrogens (tertiary/aromatic N) is 8. The van der Waals surface area contributed by atoms with Gasteiger partial charge in [0.25, 0.3) is 0 Å².